The molecule has 0 bridgehead atoms. The van der Waals surface area contributed by atoms with Gasteiger partial charge in [0.25, 0.3) is 0 Å². The molecule has 1 aliphatic heterocycles. The minimum absolute atomic E-state index is 0.0641. The van der Waals surface area contributed by atoms with Crippen LogP contribution in [0.1, 0.15) is 31.9 Å². The number of ether oxygens (including phenoxy) is 2. The van der Waals surface area contributed by atoms with Gasteiger partial charge in [0.15, 0.2) is 5.96 Å². The third-order valence-electron chi connectivity index (χ3n) is 5.08. The molecular weight excluding hydrogens is 409 g/mol. The van der Waals surface area contributed by atoms with Gasteiger partial charge in [0.2, 0.25) is 0 Å². The number of benzene rings is 1. The summed E-state index contributed by atoms with van der Waals surface area (Å²) in [6.45, 7) is 10.6. The van der Waals surface area contributed by atoms with Gasteiger partial charge in [-0.2, -0.15) is 13.2 Å². The average molecular weight is 445 g/mol. The van der Waals surface area contributed by atoms with Crippen molar-refractivity contribution in [3.63, 3.8) is 0 Å². The van der Waals surface area contributed by atoms with Crippen molar-refractivity contribution < 1.29 is 22.6 Å². The molecule has 1 atom stereocenters. The lowest BCUT2D eigenvalue weighted by Crippen LogP contribution is -2.52. The Bertz CT molecular complexity index is 660. The lowest BCUT2D eigenvalue weighted by Gasteiger charge is -2.37. The predicted molar refractivity (Wildman–Crippen MR) is 116 cm³/mol. The number of rotatable bonds is 10. The smallest absolute Gasteiger partial charge is 0.379 e. The van der Waals surface area contributed by atoms with Crippen molar-refractivity contribution in [3.05, 3.63) is 35.4 Å². The van der Waals surface area contributed by atoms with Gasteiger partial charge in [-0.3, -0.25) is 4.90 Å². The highest BCUT2D eigenvalue weighted by Crippen LogP contribution is 2.16. The maximum atomic E-state index is 12.2. The molecule has 2 N–H and O–H groups in total. The molecule has 2 rings (SSSR count). The maximum absolute atomic E-state index is 12.2. The number of hydrogen-bond donors (Lipinski definition) is 2. The molecule has 0 aromatic heterocycles. The molecule has 1 aromatic carbocycles. The van der Waals surface area contributed by atoms with Crippen molar-refractivity contribution in [2.75, 3.05) is 46.0 Å². The van der Waals surface area contributed by atoms with E-state index in [-0.39, 0.29) is 6.61 Å². The topological polar surface area (TPSA) is 58.1 Å². The Kier molecular flexibility index (Phi) is 10.6. The fraction of sp³-hybridized carbons (Fsp3) is 0.682. The van der Waals surface area contributed by atoms with E-state index in [0.29, 0.717) is 24.1 Å². The third-order valence-corrected chi connectivity index (χ3v) is 5.08. The first-order valence-electron chi connectivity index (χ1n) is 10.8. The van der Waals surface area contributed by atoms with Gasteiger partial charge in [-0.05, 0) is 24.0 Å². The molecular formula is C22H35F3N4O2. The zero-order chi connectivity index (χ0) is 22.7. The second kappa shape index (κ2) is 12.9. The molecule has 9 heteroatoms. The van der Waals surface area contributed by atoms with Crippen LogP contribution in [-0.2, 0) is 22.6 Å². The van der Waals surface area contributed by atoms with E-state index >= 15 is 0 Å². The molecule has 1 saturated heterocycles. The minimum atomic E-state index is -4.30. The molecule has 1 aromatic rings. The first-order valence-corrected chi connectivity index (χ1v) is 10.8. The summed E-state index contributed by atoms with van der Waals surface area (Å²) in [4.78, 5) is 7.12. The molecule has 6 nitrogen and oxygen atoms in total. The molecule has 0 saturated carbocycles. The van der Waals surface area contributed by atoms with Gasteiger partial charge in [-0.1, -0.05) is 38.1 Å². The second-order valence-electron chi connectivity index (χ2n) is 7.96. The van der Waals surface area contributed by atoms with E-state index in [1.54, 1.807) is 12.1 Å². The minimum Gasteiger partial charge on any atom is -0.379 e. The monoisotopic (exact) mass is 444 g/mol. The molecule has 0 radical (unpaired) electrons. The fourth-order valence-corrected chi connectivity index (χ4v) is 3.43. The second-order valence-corrected chi connectivity index (χ2v) is 7.96. The normalized spacial score (nSPS) is 17.1. The van der Waals surface area contributed by atoms with Crippen LogP contribution >= 0.6 is 0 Å². The number of alkyl halides is 3. The van der Waals surface area contributed by atoms with Crippen LogP contribution in [0.25, 0.3) is 0 Å². The number of aliphatic imine (C=N–C) groups is 1. The Labute approximate surface area is 183 Å². The summed E-state index contributed by atoms with van der Waals surface area (Å²) in [6.07, 6.45) is -4.30. The molecule has 176 valence electrons. The molecule has 0 amide bonds. The van der Waals surface area contributed by atoms with Crippen LogP contribution in [0.5, 0.6) is 0 Å². The highest BCUT2D eigenvalue weighted by Gasteiger charge is 2.27. The molecule has 0 aliphatic carbocycles. The average Bonchev–Trinajstić information content (AvgIpc) is 2.72. The summed E-state index contributed by atoms with van der Waals surface area (Å²) in [7, 11) is 0. The van der Waals surface area contributed by atoms with Crippen molar-refractivity contribution >= 4 is 5.96 Å². The fourth-order valence-electron chi connectivity index (χ4n) is 3.43. The van der Waals surface area contributed by atoms with E-state index < -0.39 is 12.8 Å². The van der Waals surface area contributed by atoms with Crippen molar-refractivity contribution in [1.82, 2.24) is 15.5 Å². The Morgan fingerprint density at radius 1 is 1.13 bits per heavy atom. The van der Waals surface area contributed by atoms with Crippen LogP contribution in [0.15, 0.2) is 29.3 Å². The summed E-state index contributed by atoms with van der Waals surface area (Å²) in [6, 6.07) is 7.67. The largest absolute Gasteiger partial charge is 0.411 e. The molecule has 1 heterocycles. The van der Waals surface area contributed by atoms with Crippen molar-refractivity contribution in [2.24, 2.45) is 10.9 Å². The van der Waals surface area contributed by atoms with Gasteiger partial charge in [0, 0.05) is 32.2 Å². The van der Waals surface area contributed by atoms with E-state index in [4.69, 9.17) is 9.47 Å². The number of nitrogens with zero attached hydrogens (tertiary/aromatic N) is 2. The van der Waals surface area contributed by atoms with Crippen LogP contribution in [-0.4, -0.2) is 69.1 Å². The lowest BCUT2D eigenvalue weighted by atomic mass is 10.0. The maximum Gasteiger partial charge on any atom is 0.411 e. The Morgan fingerprint density at radius 2 is 1.77 bits per heavy atom. The summed E-state index contributed by atoms with van der Waals surface area (Å²) in [5, 5.41) is 6.73. The summed E-state index contributed by atoms with van der Waals surface area (Å²) in [5.41, 5.74) is 1.68. The highest BCUT2D eigenvalue weighted by atomic mass is 19.4. The number of halogens is 3. The number of nitrogens with one attached hydrogen (secondary N) is 2. The van der Waals surface area contributed by atoms with Gasteiger partial charge >= 0.3 is 6.18 Å². The molecule has 0 spiro atoms. The van der Waals surface area contributed by atoms with Crippen molar-refractivity contribution in [3.8, 4) is 0 Å². The Morgan fingerprint density at radius 3 is 2.35 bits per heavy atom. The van der Waals surface area contributed by atoms with E-state index in [2.05, 4.69) is 34.4 Å². The summed E-state index contributed by atoms with van der Waals surface area (Å²) < 4.78 is 46.7. The van der Waals surface area contributed by atoms with E-state index in [0.717, 1.165) is 50.9 Å². The van der Waals surface area contributed by atoms with E-state index in [9.17, 15) is 13.2 Å². The first kappa shape index (κ1) is 25.4. The van der Waals surface area contributed by atoms with Crippen molar-refractivity contribution in [1.29, 1.82) is 0 Å². The predicted octanol–water partition coefficient (Wildman–Crippen LogP) is 3.18. The van der Waals surface area contributed by atoms with E-state index in [1.165, 1.54) is 0 Å². The SMILES string of the molecule is CCNC(=NCc1ccc(COCC(F)(F)F)cc1)NCC(C(C)C)N1CCOCC1. The van der Waals surface area contributed by atoms with Crippen LogP contribution in [0.3, 0.4) is 0 Å². The van der Waals surface area contributed by atoms with Gasteiger partial charge in [-0.25, -0.2) is 4.99 Å². The standard InChI is InChI=1S/C22H35F3N4O2/c1-4-26-21(28-14-20(17(2)3)29-9-11-30-12-10-29)27-13-18-5-7-19(8-6-18)15-31-16-22(23,24)25/h5-8,17,20H,4,9-16H2,1-3H3,(H2,26,27,28). The summed E-state index contributed by atoms with van der Waals surface area (Å²) >= 11 is 0. The summed E-state index contributed by atoms with van der Waals surface area (Å²) in [5.74, 6) is 1.25. The first-order chi connectivity index (χ1) is 14.8. The zero-order valence-corrected chi connectivity index (χ0v) is 18.7. The van der Waals surface area contributed by atoms with Crippen LogP contribution in [0, 0.1) is 5.92 Å². The van der Waals surface area contributed by atoms with Crippen LogP contribution < -0.4 is 10.6 Å². The van der Waals surface area contributed by atoms with Gasteiger partial charge in [-0.15, -0.1) is 0 Å². The lowest BCUT2D eigenvalue weighted by molar-refractivity contribution is -0.176. The van der Waals surface area contributed by atoms with Crippen LogP contribution in [0.2, 0.25) is 0 Å². The van der Waals surface area contributed by atoms with Gasteiger partial charge < -0.3 is 20.1 Å². The zero-order valence-electron chi connectivity index (χ0n) is 18.7. The molecule has 1 unspecified atom stereocenters. The highest BCUT2D eigenvalue weighted by molar-refractivity contribution is 5.79. The van der Waals surface area contributed by atoms with Gasteiger partial charge in [0.1, 0.15) is 6.61 Å². The number of morpholine rings is 1. The molecule has 1 aliphatic rings. The Hall–Kier alpha value is -1.84. The molecule has 31 heavy (non-hydrogen) atoms. The van der Waals surface area contributed by atoms with Crippen LogP contribution in [0.4, 0.5) is 13.2 Å². The number of hydrogen-bond acceptors (Lipinski definition) is 4. The van der Waals surface area contributed by atoms with Gasteiger partial charge in [0.05, 0.1) is 26.4 Å². The quantitative estimate of drug-likeness (QED) is 0.429. The third kappa shape index (κ3) is 9.88. The molecule has 1 fully saturated rings. The van der Waals surface area contributed by atoms with E-state index in [1.807, 2.05) is 19.1 Å². The number of guanidine groups is 1. The Balaban J connectivity index is 1.88. The van der Waals surface area contributed by atoms with Crippen molar-refractivity contribution in [2.45, 2.75) is 46.1 Å².